The number of rotatable bonds is 6. The summed E-state index contributed by atoms with van der Waals surface area (Å²) in [5.74, 6) is 1.32. The Kier molecular flexibility index (Phi) is 6.46. The Morgan fingerprint density at radius 2 is 2.03 bits per heavy atom. The van der Waals surface area contributed by atoms with Gasteiger partial charge in [0.25, 0.3) is 5.91 Å². The van der Waals surface area contributed by atoms with Gasteiger partial charge >= 0.3 is 0 Å². The lowest BCUT2D eigenvalue weighted by Crippen LogP contribution is -2.40. The van der Waals surface area contributed by atoms with Gasteiger partial charge in [-0.05, 0) is 56.5 Å². The highest BCUT2D eigenvalue weighted by Gasteiger charge is 2.26. The number of carbonyl (C=O) groups is 1. The summed E-state index contributed by atoms with van der Waals surface area (Å²) < 4.78 is 16.0. The van der Waals surface area contributed by atoms with E-state index in [4.69, 9.17) is 14.0 Å². The summed E-state index contributed by atoms with van der Waals surface area (Å²) in [6.45, 7) is 4.29. The predicted molar refractivity (Wildman–Crippen MR) is 108 cm³/mol. The maximum Gasteiger partial charge on any atom is 0.290 e. The molecule has 1 aromatic carbocycles. The first-order chi connectivity index (χ1) is 14.2. The SMILES string of the molecule is COc1ccc(CN2CCC(c3cc(C(=O)N[C@H]4CCCOC4)on3)CC2)cc1. The van der Waals surface area contributed by atoms with Crippen LogP contribution >= 0.6 is 0 Å². The molecule has 1 N–H and O–H groups in total. The number of carbonyl (C=O) groups excluding carboxylic acids is 1. The van der Waals surface area contributed by atoms with E-state index in [0.29, 0.717) is 18.3 Å². The molecule has 29 heavy (non-hydrogen) atoms. The molecule has 1 amide bonds. The van der Waals surface area contributed by atoms with Crippen molar-refractivity contribution >= 4 is 5.91 Å². The summed E-state index contributed by atoms with van der Waals surface area (Å²) in [5.41, 5.74) is 2.18. The Balaban J connectivity index is 1.26. The molecular formula is C22H29N3O4. The second-order valence-corrected chi connectivity index (χ2v) is 7.90. The molecule has 2 aliphatic heterocycles. The molecule has 2 aliphatic rings. The van der Waals surface area contributed by atoms with Crippen LogP contribution < -0.4 is 10.1 Å². The van der Waals surface area contributed by atoms with Crippen LogP contribution in [0, 0.1) is 0 Å². The molecule has 0 aliphatic carbocycles. The molecule has 2 saturated heterocycles. The maximum atomic E-state index is 12.4. The van der Waals surface area contributed by atoms with E-state index in [9.17, 15) is 4.79 Å². The molecule has 1 atom stereocenters. The van der Waals surface area contributed by atoms with E-state index in [1.165, 1.54) is 5.56 Å². The standard InChI is InChI=1S/C22H29N3O4/c1-27-19-6-4-16(5-7-19)14-25-10-8-17(9-11-25)20-13-21(29-24-20)22(26)23-18-3-2-12-28-15-18/h4-7,13,17-18H,2-3,8-12,14-15H2,1H3,(H,23,26)/t18-/m0/s1. The van der Waals surface area contributed by atoms with Crippen molar-refractivity contribution in [3.05, 3.63) is 47.3 Å². The van der Waals surface area contributed by atoms with Gasteiger partial charge in [-0.3, -0.25) is 9.69 Å². The van der Waals surface area contributed by atoms with Crippen molar-refractivity contribution in [1.29, 1.82) is 0 Å². The zero-order chi connectivity index (χ0) is 20.1. The predicted octanol–water partition coefficient (Wildman–Crippen LogP) is 2.97. The Morgan fingerprint density at radius 3 is 2.72 bits per heavy atom. The quantitative estimate of drug-likeness (QED) is 0.805. The lowest BCUT2D eigenvalue weighted by Gasteiger charge is -2.31. The highest BCUT2D eigenvalue weighted by atomic mass is 16.5. The number of ether oxygens (including phenoxy) is 2. The topological polar surface area (TPSA) is 76.8 Å². The largest absolute Gasteiger partial charge is 0.497 e. The zero-order valence-corrected chi connectivity index (χ0v) is 16.9. The Hall–Kier alpha value is -2.38. The molecule has 7 nitrogen and oxygen atoms in total. The fourth-order valence-electron chi connectivity index (χ4n) is 4.08. The van der Waals surface area contributed by atoms with E-state index >= 15 is 0 Å². The highest BCUT2D eigenvalue weighted by Crippen LogP contribution is 2.28. The van der Waals surface area contributed by atoms with Crippen LogP contribution in [0.1, 0.15) is 53.4 Å². The molecule has 0 saturated carbocycles. The number of likely N-dealkylation sites (tertiary alicyclic amines) is 1. The molecule has 156 valence electrons. The van der Waals surface area contributed by atoms with Gasteiger partial charge in [0.2, 0.25) is 5.76 Å². The van der Waals surface area contributed by atoms with Crippen LogP contribution in [-0.2, 0) is 11.3 Å². The van der Waals surface area contributed by atoms with Gasteiger partial charge in [0, 0.05) is 25.1 Å². The number of hydrogen-bond donors (Lipinski definition) is 1. The molecule has 0 unspecified atom stereocenters. The minimum atomic E-state index is -0.198. The fourth-order valence-corrected chi connectivity index (χ4v) is 4.08. The smallest absolute Gasteiger partial charge is 0.290 e. The van der Waals surface area contributed by atoms with Gasteiger partial charge in [0.15, 0.2) is 0 Å². The molecule has 0 spiro atoms. The van der Waals surface area contributed by atoms with Crippen LogP contribution in [0.15, 0.2) is 34.9 Å². The van der Waals surface area contributed by atoms with Crippen molar-refractivity contribution in [1.82, 2.24) is 15.4 Å². The van der Waals surface area contributed by atoms with Gasteiger partial charge in [0.1, 0.15) is 5.75 Å². The molecule has 0 bridgehead atoms. The van der Waals surface area contributed by atoms with Gasteiger partial charge in [-0.15, -0.1) is 0 Å². The molecule has 2 fully saturated rings. The summed E-state index contributed by atoms with van der Waals surface area (Å²) in [5, 5.41) is 7.16. The van der Waals surface area contributed by atoms with Crippen molar-refractivity contribution in [2.45, 2.75) is 44.2 Å². The second kappa shape index (κ2) is 9.41. The fraction of sp³-hybridized carbons (Fsp3) is 0.545. The summed E-state index contributed by atoms with van der Waals surface area (Å²) in [4.78, 5) is 14.8. The second-order valence-electron chi connectivity index (χ2n) is 7.90. The van der Waals surface area contributed by atoms with Crippen molar-refractivity contribution in [3.63, 3.8) is 0 Å². The number of hydrogen-bond acceptors (Lipinski definition) is 6. The average molecular weight is 399 g/mol. The third-order valence-corrected chi connectivity index (χ3v) is 5.82. The Bertz CT molecular complexity index is 791. The molecule has 1 aromatic heterocycles. The lowest BCUT2D eigenvalue weighted by molar-refractivity contribution is 0.0608. The molecular weight excluding hydrogens is 370 g/mol. The summed E-state index contributed by atoms with van der Waals surface area (Å²) in [6.07, 6.45) is 3.95. The van der Waals surface area contributed by atoms with E-state index in [1.807, 2.05) is 18.2 Å². The summed E-state index contributed by atoms with van der Waals surface area (Å²) in [7, 11) is 1.68. The first-order valence-corrected chi connectivity index (χ1v) is 10.4. The number of methoxy groups -OCH3 is 1. The maximum absolute atomic E-state index is 12.4. The van der Waals surface area contributed by atoms with Crippen molar-refractivity contribution < 1.29 is 18.8 Å². The van der Waals surface area contributed by atoms with Crippen molar-refractivity contribution in [2.75, 3.05) is 33.4 Å². The Morgan fingerprint density at radius 1 is 1.24 bits per heavy atom. The minimum Gasteiger partial charge on any atom is -0.497 e. The molecule has 3 heterocycles. The van der Waals surface area contributed by atoms with Crippen LogP contribution in [0.5, 0.6) is 5.75 Å². The van der Waals surface area contributed by atoms with Crippen molar-refractivity contribution in [3.8, 4) is 5.75 Å². The monoisotopic (exact) mass is 399 g/mol. The number of aromatic nitrogens is 1. The van der Waals surface area contributed by atoms with E-state index < -0.39 is 0 Å². The Labute approximate surface area is 171 Å². The van der Waals surface area contributed by atoms with Gasteiger partial charge in [-0.2, -0.15) is 0 Å². The number of benzene rings is 1. The van der Waals surface area contributed by atoms with E-state index in [0.717, 1.165) is 63.4 Å². The third kappa shape index (κ3) is 5.16. The number of nitrogens with zero attached hydrogens (tertiary/aromatic N) is 2. The van der Waals surface area contributed by atoms with E-state index in [2.05, 4.69) is 27.5 Å². The van der Waals surface area contributed by atoms with E-state index in [1.54, 1.807) is 7.11 Å². The van der Waals surface area contributed by atoms with Gasteiger partial charge in [-0.1, -0.05) is 17.3 Å². The number of amides is 1. The van der Waals surface area contributed by atoms with Crippen LogP contribution in [0.25, 0.3) is 0 Å². The lowest BCUT2D eigenvalue weighted by atomic mass is 9.93. The highest BCUT2D eigenvalue weighted by molar-refractivity contribution is 5.91. The molecule has 7 heteroatoms. The van der Waals surface area contributed by atoms with Gasteiger partial charge < -0.3 is 19.3 Å². The van der Waals surface area contributed by atoms with Gasteiger partial charge in [-0.25, -0.2) is 0 Å². The third-order valence-electron chi connectivity index (χ3n) is 5.82. The summed E-state index contributed by atoms with van der Waals surface area (Å²) in [6, 6.07) is 10.1. The molecule has 2 aromatic rings. The van der Waals surface area contributed by atoms with E-state index in [-0.39, 0.29) is 11.9 Å². The molecule has 4 rings (SSSR count). The zero-order valence-electron chi connectivity index (χ0n) is 16.9. The average Bonchev–Trinajstić information content (AvgIpc) is 3.26. The van der Waals surface area contributed by atoms with Crippen molar-refractivity contribution in [2.24, 2.45) is 0 Å². The van der Waals surface area contributed by atoms with Crippen LogP contribution in [0.4, 0.5) is 0 Å². The number of nitrogens with one attached hydrogen (secondary N) is 1. The first kappa shape index (κ1) is 19.9. The van der Waals surface area contributed by atoms with Crippen LogP contribution in [-0.4, -0.2) is 55.4 Å². The first-order valence-electron chi connectivity index (χ1n) is 10.4. The minimum absolute atomic E-state index is 0.0611. The van der Waals surface area contributed by atoms with Gasteiger partial charge in [0.05, 0.1) is 25.5 Å². The number of piperidine rings is 1. The van der Waals surface area contributed by atoms with Crippen LogP contribution in [0.2, 0.25) is 0 Å². The summed E-state index contributed by atoms with van der Waals surface area (Å²) >= 11 is 0. The van der Waals surface area contributed by atoms with Crippen LogP contribution in [0.3, 0.4) is 0 Å². The normalized spacial score (nSPS) is 21.1. The molecule has 0 radical (unpaired) electrons.